The van der Waals surface area contributed by atoms with Crippen LogP contribution in [0.25, 0.3) is 11.1 Å². The third kappa shape index (κ3) is 3.99. The summed E-state index contributed by atoms with van der Waals surface area (Å²) in [5, 5.41) is 3.61. The average molecular weight is 481 g/mol. The summed E-state index contributed by atoms with van der Waals surface area (Å²) in [5.74, 6) is 0. The van der Waals surface area contributed by atoms with E-state index in [2.05, 4.69) is 151 Å². The Labute approximate surface area is 220 Å². The standard InChI is InChI=1S/C35H32N2/c1-3-35(4-2)33-24-27(36-26-14-8-5-9-15-26)20-22-31(33)32-23-21-30(25-34(32)35)37(28-16-10-6-11-17-28)29-18-12-7-13-19-29/h5-25,36H,3-4H2,1-2H3. The molecule has 0 spiro atoms. The van der Waals surface area contributed by atoms with Crippen LogP contribution in [0.4, 0.5) is 28.4 Å². The van der Waals surface area contributed by atoms with Crippen molar-refractivity contribution < 1.29 is 0 Å². The minimum absolute atomic E-state index is 0.0197. The lowest BCUT2D eigenvalue weighted by molar-refractivity contribution is 0.490. The molecule has 0 unspecified atom stereocenters. The summed E-state index contributed by atoms with van der Waals surface area (Å²) in [6.07, 6.45) is 2.11. The summed E-state index contributed by atoms with van der Waals surface area (Å²) in [6.45, 7) is 4.66. The fourth-order valence-electron chi connectivity index (χ4n) is 6.00. The molecule has 0 aromatic heterocycles. The Morgan fingerprint density at radius 1 is 0.514 bits per heavy atom. The molecule has 0 saturated heterocycles. The Morgan fingerprint density at radius 2 is 1.03 bits per heavy atom. The molecule has 0 bridgehead atoms. The first-order chi connectivity index (χ1) is 18.2. The molecule has 2 heteroatoms. The number of hydrogen-bond acceptors (Lipinski definition) is 2. The van der Waals surface area contributed by atoms with Gasteiger partial charge in [-0.25, -0.2) is 0 Å². The van der Waals surface area contributed by atoms with Crippen molar-refractivity contribution in [1.82, 2.24) is 0 Å². The molecule has 0 amide bonds. The maximum Gasteiger partial charge on any atom is 0.0465 e. The van der Waals surface area contributed by atoms with Gasteiger partial charge in [-0.05, 0) is 95.8 Å². The monoisotopic (exact) mass is 480 g/mol. The highest BCUT2D eigenvalue weighted by Gasteiger charge is 2.41. The fraction of sp³-hybridized carbons (Fsp3) is 0.143. The zero-order valence-electron chi connectivity index (χ0n) is 21.5. The van der Waals surface area contributed by atoms with Crippen molar-refractivity contribution >= 4 is 28.4 Å². The van der Waals surface area contributed by atoms with Crippen molar-refractivity contribution in [2.45, 2.75) is 32.1 Å². The molecule has 37 heavy (non-hydrogen) atoms. The zero-order chi connectivity index (χ0) is 25.2. The van der Waals surface area contributed by atoms with Crippen LogP contribution < -0.4 is 10.2 Å². The summed E-state index contributed by atoms with van der Waals surface area (Å²) in [6, 6.07) is 45.7. The lowest BCUT2D eigenvalue weighted by atomic mass is 9.73. The van der Waals surface area contributed by atoms with E-state index in [1.54, 1.807) is 0 Å². The normalized spacial score (nSPS) is 13.0. The molecule has 2 nitrogen and oxygen atoms in total. The Bertz CT molecular complexity index is 1460. The minimum atomic E-state index is -0.0197. The largest absolute Gasteiger partial charge is 0.356 e. The number of benzene rings is 5. The lowest BCUT2D eigenvalue weighted by Crippen LogP contribution is -2.23. The lowest BCUT2D eigenvalue weighted by Gasteiger charge is -2.32. The van der Waals surface area contributed by atoms with E-state index in [4.69, 9.17) is 0 Å². The van der Waals surface area contributed by atoms with Crippen LogP contribution in [0.15, 0.2) is 127 Å². The van der Waals surface area contributed by atoms with Crippen molar-refractivity contribution in [2.24, 2.45) is 0 Å². The molecule has 0 heterocycles. The van der Waals surface area contributed by atoms with E-state index in [-0.39, 0.29) is 5.41 Å². The molecule has 0 radical (unpaired) electrons. The van der Waals surface area contributed by atoms with Gasteiger partial charge in [0.05, 0.1) is 0 Å². The molecule has 1 aliphatic carbocycles. The second-order valence-corrected chi connectivity index (χ2v) is 9.78. The van der Waals surface area contributed by atoms with Crippen LogP contribution in [0.2, 0.25) is 0 Å². The quantitative estimate of drug-likeness (QED) is 0.249. The summed E-state index contributed by atoms with van der Waals surface area (Å²) in [7, 11) is 0. The molecule has 1 aliphatic rings. The smallest absolute Gasteiger partial charge is 0.0465 e. The molecule has 5 aromatic rings. The SMILES string of the molecule is CCC1(CC)c2cc(Nc3ccccc3)ccc2-c2ccc(N(c3ccccc3)c3ccccc3)cc21. The second-order valence-electron chi connectivity index (χ2n) is 9.78. The Morgan fingerprint density at radius 3 is 1.59 bits per heavy atom. The van der Waals surface area contributed by atoms with E-state index < -0.39 is 0 Å². The topological polar surface area (TPSA) is 15.3 Å². The van der Waals surface area contributed by atoms with Crippen molar-refractivity contribution in [2.75, 3.05) is 10.2 Å². The van der Waals surface area contributed by atoms with Gasteiger partial charge in [-0.3, -0.25) is 0 Å². The van der Waals surface area contributed by atoms with E-state index in [0.717, 1.165) is 35.6 Å². The van der Waals surface area contributed by atoms with Gasteiger partial charge in [0.25, 0.3) is 0 Å². The maximum absolute atomic E-state index is 3.61. The van der Waals surface area contributed by atoms with Crippen LogP contribution in [-0.4, -0.2) is 0 Å². The summed E-state index contributed by atoms with van der Waals surface area (Å²) in [5.41, 5.74) is 11.3. The number of rotatable bonds is 7. The molecule has 5 aromatic carbocycles. The number of nitrogens with zero attached hydrogens (tertiary/aromatic N) is 1. The Kier molecular flexibility index (Phi) is 6.02. The van der Waals surface area contributed by atoms with Crippen LogP contribution in [-0.2, 0) is 5.41 Å². The van der Waals surface area contributed by atoms with Crippen LogP contribution in [0, 0.1) is 0 Å². The molecule has 0 saturated carbocycles. The van der Waals surface area contributed by atoms with Gasteiger partial charge in [0.1, 0.15) is 0 Å². The van der Waals surface area contributed by atoms with Crippen molar-refractivity contribution in [3.05, 3.63) is 139 Å². The molecule has 0 aliphatic heterocycles. The van der Waals surface area contributed by atoms with Gasteiger partial charge < -0.3 is 10.2 Å². The molecule has 6 rings (SSSR count). The fourth-order valence-corrected chi connectivity index (χ4v) is 6.00. The van der Waals surface area contributed by atoms with Gasteiger partial charge in [0.15, 0.2) is 0 Å². The van der Waals surface area contributed by atoms with Gasteiger partial charge in [-0.2, -0.15) is 0 Å². The second kappa shape index (κ2) is 9.63. The molecular weight excluding hydrogens is 448 g/mol. The molecule has 1 N–H and O–H groups in total. The highest BCUT2D eigenvalue weighted by molar-refractivity contribution is 5.87. The first-order valence-corrected chi connectivity index (χ1v) is 13.3. The van der Waals surface area contributed by atoms with E-state index in [1.807, 2.05) is 0 Å². The maximum atomic E-state index is 3.61. The van der Waals surface area contributed by atoms with Crippen LogP contribution in [0.3, 0.4) is 0 Å². The summed E-state index contributed by atoms with van der Waals surface area (Å²) in [4.78, 5) is 2.36. The van der Waals surface area contributed by atoms with E-state index in [1.165, 1.54) is 27.9 Å². The number of hydrogen-bond donors (Lipinski definition) is 1. The third-order valence-electron chi connectivity index (χ3n) is 7.90. The van der Waals surface area contributed by atoms with Crippen molar-refractivity contribution in [1.29, 1.82) is 0 Å². The first-order valence-electron chi connectivity index (χ1n) is 13.3. The summed E-state index contributed by atoms with van der Waals surface area (Å²) >= 11 is 0. The van der Waals surface area contributed by atoms with Crippen LogP contribution in [0.5, 0.6) is 0 Å². The number of nitrogens with one attached hydrogen (secondary N) is 1. The average Bonchev–Trinajstić information content (AvgIpc) is 3.23. The van der Waals surface area contributed by atoms with Gasteiger partial charge in [0.2, 0.25) is 0 Å². The molecule has 0 fully saturated rings. The number of anilines is 5. The van der Waals surface area contributed by atoms with E-state index in [9.17, 15) is 0 Å². The number of para-hydroxylation sites is 3. The van der Waals surface area contributed by atoms with E-state index >= 15 is 0 Å². The van der Waals surface area contributed by atoms with Crippen LogP contribution in [0.1, 0.15) is 37.8 Å². The van der Waals surface area contributed by atoms with Crippen molar-refractivity contribution in [3.63, 3.8) is 0 Å². The predicted molar refractivity (Wildman–Crippen MR) is 158 cm³/mol. The predicted octanol–water partition coefficient (Wildman–Crippen LogP) is 9.99. The highest BCUT2D eigenvalue weighted by Crippen LogP contribution is 2.54. The van der Waals surface area contributed by atoms with Crippen molar-refractivity contribution in [3.8, 4) is 11.1 Å². The number of fused-ring (bicyclic) bond motifs is 3. The zero-order valence-corrected chi connectivity index (χ0v) is 21.5. The van der Waals surface area contributed by atoms with Crippen LogP contribution >= 0.6 is 0 Å². The molecule has 182 valence electrons. The van der Waals surface area contributed by atoms with Gasteiger partial charge in [-0.1, -0.05) is 80.6 Å². The Hall–Kier alpha value is -4.30. The highest BCUT2D eigenvalue weighted by atomic mass is 15.1. The summed E-state index contributed by atoms with van der Waals surface area (Å²) < 4.78 is 0. The van der Waals surface area contributed by atoms with Gasteiger partial charge >= 0.3 is 0 Å². The van der Waals surface area contributed by atoms with E-state index in [0.29, 0.717) is 0 Å². The molecule has 0 atom stereocenters. The molecular formula is C35H32N2. The minimum Gasteiger partial charge on any atom is -0.356 e. The van der Waals surface area contributed by atoms with Gasteiger partial charge in [0, 0.05) is 33.9 Å². The third-order valence-corrected chi connectivity index (χ3v) is 7.90. The van der Waals surface area contributed by atoms with Gasteiger partial charge in [-0.15, -0.1) is 0 Å². The first kappa shape index (κ1) is 23.1. The Balaban J connectivity index is 1.47.